The first-order valence-electron chi connectivity index (χ1n) is 9.17. The molecular weight excluding hydrogens is 272 g/mol. The van der Waals surface area contributed by atoms with E-state index in [1.54, 1.807) is 0 Å². The van der Waals surface area contributed by atoms with Crippen molar-refractivity contribution in [2.45, 2.75) is 64.6 Å². The van der Waals surface area contributed by atoms with Crippen LogP contribution in [0.1, 0.15) is 69.3 Å². The van der Waals surface area contributed by atoms with E-state index in [9.17, 15) is 0 Å². The summed E-state index contributed by atoms with van der Waals surface area (Å²) in [5, 5.41) is 0. The highest BCUT2D eigenvalue weighted by Crippen LogP contribution is 2.34. The first kappa shape index (κ1) is 16.0. The Balaban J connectivity index is 1.42. The van der Waals surface area contributed by atoms with Crippen LogP contribution in [0.15, 0.2) is 24.3 Å². The molecule has 1 aromatic carbocycles. The van der Waals surface area contributed by atoms with Gasteiger partial charge in [0, 0.05) is 5.56 Å². The van der Waals surface area contributed by atoms with Crippen molar-refractivity contribution >= 4 is 0 Å². The monoisotopic (exact) mass is 302 g/mol. The van der Waals surface area contributed by atoms with E-state index in [0.29, 0.717) is 13.2 Å². The van der Waals surface area contributed by atoms with Crippen LogP contribution in [-0.2, 0) is 15.9 Å². The third-order valence-corrected chi connectivity index (χ3v) is 5.38. The Morgan fingerprint density at radius 2 is 1.45 bits per heavy atom. The van der Waals surface area contributed by atoms with Crippen LogP contribution < -0.4 is 0 Å². The molecule has 2 nitrogen and oxygen atoms in total. The molecule has 0 amide bonds. The van der Waals surface area contributed by atoms with Crippen molar-refractivity contribution in [3.63, 3.8) is 0 Å². The third kappa shape index (κ3) is 4.33. The highest BCUT2D eigenvalue weighted by atomic mass is 16.7. The molecule has 1 aliphatic carbocycles. The van der Waals surface area contributed by atoms with Crippen molar-refractivity contribution in [2.24, 2.45) is 11.8 Å². The second-order valence-corrected chi connectivity index (χ2v) is 7.03. The number of benzene rings is 1. The zero-order valence-corrected chi connectivity index (χ0v) is 13.9. The Morgan fingerprint density at radius 1 is 0.864 bits per heavy atom. The average molecular weight is 302 g/mol. The van der Waals surface area contributed by atoms with Gasteiger partial charge in [0.15, 0.2) is 6.29 Å². The highest BCUT2D eigenvalue weighted by Gasteiger charge is 2.21. The quantitative estimate of drug-likeness (QED) is 0.712. The summed E-state index contributed by atoms with van der Waals surface area (Å²) in [6.07, 6.45) is 11.1. The largest absolute Gasteiger partial charge is 0.346 e. The van der Waals surface area contributed by atoms with Gasteiger partial charge in [-0.25, -0.2) is 0 Å². The van der Waals surface area contributed by atoms with Crippen LogP contribution in [0.2, 0.25) is 0 Å². The number of hydrogen-bond acceptors (Lipinski definition) is 2. The minimum absolute atomic E-state index is 0.136. The Kier molecular flexibility index (Phi) is 5.91. The van der Waals surface area contributed by atoms with Gasteiger partial charge in [-0.15, -0.1) is 0 Å². The highest BCUT2D eigenvalue weighted by molar-refractivity contribution is 5.23. The lowest BCUT2D eigenvalue weighted by Crippen LogP contribution is -2.15. The summed E-state index contributed by atoms with van der Waals surface area (Å²) in [4.78, 5) is 0. The van der Waals surface area contributed by atoms with Gasteiger partial charge in [-0.2, -0.15) is 0 Å². The molecule has 2 fully saturated rings. The first-order chi connectivity index (χ1) is 10.8. The molecule has 22 heavy (non-hydrogen) atoms. The number of ether oxygens (including phenoxy) is 2. The van der Waals surface area contributed by atoms with Crippen LogP contribution in [0, 0.1) is 11.8 Å². The second kappa shape index (κ2) is 8.12. The maximum Gasteiger partial charge on any atom is 0.184 e. The van der Waals surface area contributed by atoms with Gasteiger partial charge in [-0.1, -0.05) is 69.7 Å². The number of hydrogen-bond donors (Lipinski definition) is 0. The molecule has 1 aliphatic heterocycles. The normalized spacial score (nSPS) is 26.4. The Bertz CT molecular complexity index is 426. The minimum Gasteiger partial charge on any atom is -0.346 e. The Hall–Kier alpha value is -0.860. The average Bonchev–Trinajstić information content (AvgIpc) is 3.09. The van der Waals surface area contributed by atoms with Crippen molar-refractivity contribution in [3.8, 4) is 0 Å². The van der Waals surface area contributed by atoms with Crippen LogP contribution in [-0.4, -0.2) is 13.2 Å². The lowest BCUT2D eigenvalue weighted by atomic mass is 9.78. The summed E-state index contributed by atoms with van der Waals surface area (Å²) in [6.45, 7) is 3.75. The van der Waals surface area contributed by atoms with E-state index in [1.807, 2.05) is 0 Å². The standard InChI is InChI=1S/C20H30O2/c1-2-3-16-4-6-17(7-5-16)8-9-18-10-12-19(13-11-18)20-21-14-15-22-20/h10-13,16-17,20H,2-9,14-15H2,1H3. The summed E-state index contributed by atoms with van der Waals surface area (Å²) >= 11 is 0. The number of rotatable bonds is 6. The fourth-order valence-electron chi connectivity index (χ4n) is 3.98. The zero-order chi connectivity index (χ0) is 15.2. The first-order valence-corrected chi connectivity index (χ1v) is 9.17. The summed E-state index contributed by atoms with van der Waals surface area (Å²) < 4.78 is 11.1. The maximum absolute atomic E-state index is 5.54. The number of aryl methyl sites for hydroxylation is 1. The van der Waals surface area contributed by atoms with E-state index in [-0.39, 0.29) is 6.29 Å². The predicted octanol–water partition coefficient (Wildman–Crippen LogP) is 5.27. The Labute approximate surface area is 135 Å². The van der Waals surface area contributed by atoms with Gasteiger partial charge in [0.05, 0.1) is 13.2 Å². The minimum atomic E-state index is -0.136. The molecule has 2 heteroatoms. The van der Waals surface area contributed by atoms with Gasteiger partial charge in [0.2, 0.25) is 0 Å². The zero-order valence-electron chi connectivity index (χ0n) is 13.9. The van der Waals surface area contributed by atoms with E-state index < -0.39 is 0 Å². The topological polar surface area (TPSA) is 18.5 Å². The molecule has 0 aromatic heterocycles. The van der Waals surface area contributed by atoms with Crippen LogP contribution in [0.3, 0.4) is 0 Å². The molecule has 3 rings (SSSR count). The fourth-order valence-corrected chi connectivity index (χ4v) is 3.98. The molecule has 2 aliphatic rings. The van der Waals surface area contributed by atoms with E-state index >= 15 is 0 Å². The maximum atomic E-state index is 5.54. The van der Waals surface area contributed by atoms with Gasteiger partial charge in [-0.05, 0) is 30.2 Å². The molecule has 1 heterocycles. The SMILES string of the molecule is CCCC1CCC(CCc2ccc(C3OCCO3)cc2)CC1. The molecule has 0 spiro atoms. The van der Waals surface area contributed by atoms with Crippen LogP contribution in [0.4, 0.5) is 0 Å². The molecule has 0 radical (unpaired) electrons. The van der Waals surface area contributed by atoms with Crippen molar-refractivity contribution in [3.05, 3.63) is 35.4 Å². The van der Waals surface area contributed by atoms with Crippen molar-refractivity contribution in [2.75, 3.05) is 13.2 Å². The third-order valence-electron chi connectivity index (χ3n) is 5.38. The molecule has 0 atom stereocenters. The predicted molar refractivity (Wildman–Crippen MR) is 89.8 cm³/mol. The lowest BCUT2D eigenvalue weighted by Gasteiger charge is -2.28. The van der Waals surface area contributed by atoms with Crippen molar-refractivity contribution < 1.29 is 9.47 Å². The van der Waals surface area contributed by atoms with Crippen LogP contribution in [0.5, 0.6) is 0 Å². The molecule has 1 aromatic rings. The second-order valence-electron chi connectivity index (χ2n) is 7.03. The molecule has 1 saturated carbocycles. The molecular formula is C20H30O2. The van der Waals surface area contributed by atoms with E-state index in [1.165, 1.54) is 56.9 Å². The van der Waals surface area contributed by atoms with Crippen LogP contribution >= 0.6 is 0 Å². The van der Waals surface area contributed by atoms with Crippen molar-refractivity contribution in [1.29, 1.82) is 0 Å². The van der Waals surface area contributed by atoms with Gasteiger partial charge >= 0.3 is 0 Å². The molecule has 0 unspecified atom stereocenters. The van der Waals surface area contributed by atoms with Crippen molar-refractivity contribution in [1.82, 2.24) is 0 Å². The summed E-state index contributed by atoms with van der Waals surface area (Å²) in [5.74, 6) is 1.97. The van der Waals surface area contributed by atoms with E-state index in [0.717, 1.165) is 17.4 Å². The Morgan fingerprint density at radius 3 is 2.05 bits per heavy atom. The van der Waals surface area contributed by atoms with Gasteiger partial charge in [0.1, 0.15) is 0 Å². The van der Waals surface area contributed by atoms with Gasteiger partial charge < -0.3 is 9.47 Å². The van der Waals surface area contributed by atoms with E-state index in [4.69, 9.17) is 9.47 Å². The molecule has 0 bridgehead atoms. The van der Waals surface area contributed by atoms with Gasteiger partial charge in [-0.3, -0.25) is 0 Å². The van der Waals surface area contributed by atoms with Crippen LogP contribution in [0.25, 0.3) is 0 Å². The van der Waals surface area contributed by atoms with E-state index in [2.05, 4.69) is 31.2 Å². The lowest BCUT2D eigenvalue weighted by molar-refractivity contribution is -0.0441. The summed E-state index contributed by atoms with van der Waals surface area (Å²) in [7, 11) is 0. The molecule has 0 N–H and O–H groups in total. The fraction of sp³-hybridized carbons (Fsp3) is 0.700. The summed E-state index contributed by atoms with van der Waals surface area (Å²) in [6, 6.07) is 8.85. The molecule has 1 saturated heterocycles. The molecule has 122 valence electrons. The summed E-state index contributed by atoms with van der Waals surface area (Å²) in [5.41, 5.74) is 2.61. The van der Waals surface area contributed by atoms with Gasteiger partial charge in [0.25, 0.3) is 0 Å². The smallest absolute Gasteiger partial charge is 0.184 e.